The minimum absolute atomic E-state index is 0.178. The molecule has 0 saturated carbocycles. The third-order valence-electron chi connectivity index (χ3n) is 2.07. The molecule has 0 aliphatic rings. The third-order valence-corrected chi connectivity index (χ3v) is 3.07. The molecule has 0 aliphatic heterocycles. The molecule has 1 aromatic carbocycles. The van der Waals surface area contributed by atoms with Crippen LogP contribution in [0.5, 0.6) is 0 Å². The molecule has 0 unspecified atom stereocenters. The highest BCUT2D eigenvalue weighted by Crippen LogP contribution is 2.08. The van der Waals surface area contributed by atoms with Crippen molar-refractivity contribution in [3.05, 3.63) is 42.0 Å². The van der Waals surface area contributed by atoms with Crippen LogP contribution in [0.15, 0.2) is 41.3 Å². The van der Waals surface area contributed by atoms with Crippen LogP contribution in [0.2, 0.25) is 0 Å². The maximum absolute atomic E-state index is 11.3. The first-order valence-electron chi connectivity index (χ1n) is 5.76. The molecule has 0 aliphatic carbocycles. The zero-order valence-corrected chi connectivity index (χ0v) is 12.9. The molecule has 0 saturated heterocycles. The quantitative estimate of drug-likeness (QED) is 0.488. The number of halogens is 2. The van der Waals surface area contributed by atoms with Crippen molar-refractivity contribution in [2.45, 2.75) is 18.2 Å². The fraction of sp³-hybridized carbons (Fsp3) is 0.250. The first kappa shape index (κ1) is 19.6. The Morgan fingerprint density at radius 3 is 2.29 bits per heavy atom. The van der Waals surface area contributed by atoms with Crippen LogP contribution in [-0.2, 0) is 10.1 Å². The van der Waals surface area contributed by atoms with Crippen LogP contribution < -0.4 is 11.1 Å². The molecule has 21 heavy (non-hydrogen) atoms. The molecule has 0 aromatic heterocycles. The van der Waals surface area contributed by atoms with Gasteiger partial charge in [0.15, 0.2) is 0 Å². The maximum atomic E-state index is 11.3. The number of hydrogen-bond acceptors (Lipinski definition) is 4. The van der Waals surface area contributed by atoms with Gasteiger partial charge >= 0.3 is 0 Å². The first-order valence-corrected chi connectivity index (χ1v) is 7.58. The van der Waals surface area contributed by atoms with Crippen molar-refractivity contribution >= 4 is 27.4 Å². The lowest BCUT2D eigenvalue weighted by Crippen LogP contribution is -2.62. The van der Waals surface area contributed by atoms with Gasteiger partial charge in [-0.2, -0.15) is 8.78 Å². The second-order valence-electron chi connectivity index (χ2n) is 3.90. The summed E-state index contributed by atoms with van der Waals surface area (Å²) in [5.74, 6) is 0. The van der Waals surface area contributed by atoms with Gasteiger partial charge in [-0.1, -0.05) is 17.7 Å². The van der Waals surface area contributed by atoms with Crippen molar-refractivity contribution in [1.82, 2.24) is 5.32 Å². The molecular formula is C12H16F2N2O3S2. The average molecular weight is 338 g/mol. The predicted octanol–water partition coefficient (Wildman–Crippen LogP) is 1.17. The second kappa shape index (κ2) is 9.50. The van der Waals surface area contributed by atoms with Crippen LogP contribution in [0.1, 0.15) is 12.0 Å². The molecule has 0 amide bonds. The highest BCUT2D eigenvalue weighted by atomic mass is 32.2. The monoisotopic (exact) mass is 338 g/mol. The predicted molar refractivity (Wildman–Crippen MR) is 77.5 cm³/mol. The first-order chi connectivity index (χ1) is 9.62. The van der Waals surface area contributed by atoms with Gasteiger partial charge in [0.05, 0.1) is 4.90 Å². The topological polar surface area (TPSA) is 96.9 Å². The molecule has 0 bridgehead atoms. The fourth-order valence-electron chi connectivity index (χ4n) is 1.10. The molecule has 1 aromatic rings. The molecule has 0 radical (unpaired) electrons. The molecule has 5 nitrogen and oxygen atoms in total. The summed E-state index contributed by atoms with van der Waals surface area (Å²) >= 11 is 4.54. The Morgan fingerprint density at radius 1 is 1.38 bits per heavy atom. The second-order valence-corrected chi connectivity index (χ2v) is 5.77. The molecule has 0 spiro atoms. The number of nitrogens with one attached hydrogen (secondary N) is 1. The van der Waals surface area contributed by atoms with Gasteiger partial charge in [-0.15, -0.1) is 0 Å². The number of thiocarbonyl (C=S) groups is 1. The average Bonchev–Trinajstić information content (AvgIpc) is 2.34. The number of rotatable bonds is 4. The van der Waals surface area contributed by atoms with Gasteiger partial charge in [-0.3, -0.25) is 0 Å². The van der Waals surface area contributed by atoms with Gasteiger partial charge in [-0.05, 0) is 31.6 Å². The van der Waals surface area contributed by atoms with E-state index < -0.39 is 16.2 Å². The summed E-state index contributed by atoms with van der Waals surface area (Å²) in [7, 11) is -4.27. The van der Waals surface area contributed by atoms with Gasteiger partial charge < -0.3 is 15.6 Å². The zero-order chi connectivity index (χ0) is 16.5. The highest BCUT2D eigenvalue weighted by Gasteiger charge is 1.97. The van der Waals surface area contributed by atoms with E-state index in [1.54, 1.807) is 12.1 Å². The van der Waals surface area contributed by atoms with Gasteiger partial charge in [0, 0.05) is 18.8 Å². The molecule has 0 atom stereocenters. The molecule has 9 heteroatoms. The lowest BCUT2D eigenvalue weighted by atomic mass is 10.2. The molecule has 0 heterocycles. The summed E-state index contributed by atoms with van der Waals surface area (Å²) in [5, 5.41) is 3.03. The van der Waals surface area contributed by atoms with E-state index in [2.05, 4.69) is 23.3 Å². The largest absolute Gasteiger partial charge is 0.744 e. The van der Waals surface area contributed by atoms with Crippen molar-refractivity contribution in [3.63, 3.8) is 0 Å². The van der Waals surface area contributed by atoms with Crippen LogP contribution in [0.25, 0.3) is 0 Å². The van der Waals surface area contributed by atoms with E-state index in [4.69, 9.17) is 0 Å². The van der Waals surface area contributed by atoms with E-state index in [0.29, 0.717) is 11.7 Å². The van der Waals surface area contributed by atoms with E-state index in [-0.39, 0.29) is 11.3 Å². The standard InChI is InChI=1S/C7H8O3S.C5H8F2N2S/c1-6-2-4-7(5-3-6)11(8,9)10;6-4(7)2-1-3-9-5(8)10/h2-5H,1H3,(H,8,9,10);2H,1,3H2,(H3,8,9,10). The summed E-state index contributed by atoms with van der Waals surface area (Å²) < 4.78 is 53.9. The van der Waals surface area contributed by atoms with E-state index in [0.717, 1.165) is 11.6 Å². The van der Waals surface area contributed by atoms with Crippen molar-refractivity contribution < 1.29 is 27.5 Å². The highest BCUT2D eigenvalue weighted by molar-refractivity contribution is 7.85. The third kappa shape index (κ3) is 11.0. The van der Waals surface area contributed by atoms with Crippen LogP contribution >= 0.6 is 12.2 Å². The van der Waals surface area contributed by atoms with E-state index in [1.807, 2.05) is 6.92 Å². The smallest absolute Gasteiger partial charge is 0.266 e. The summed E-state index contributed by atoms with van der Waals surface area (Å²) in [6.45, 7) is 2.24. The minimum atomic E-state index is -4.27. The molecule has 118 valence electrons. The molecule has 1 rings (SSSR count). The minimum Gasteiger partial charge on any atom is -0.744 e. The van der Waals surface area contributed by atoms with Gasteiger partial charge in [0.25, 0.3) is 11.2 Å². The number of hydrogen-bond donors (Lipinski definition) is 2. The SMILES string of the molecule is Cc1ccc(S(=O)(=O)[O-])cc1.[NH3+]C(=S)NCCC=C(F)F. The van der Waals surface area contributed by atoms with Gasteiger partial charge in [-0.25, -0.2) is 8.42 Å². The summed E-state index contributed by atoms with van der Waals surface area (Å²) in [5.41, 5.74) is 4.30. The fourth-order valence-corrected chi connectivity index (χ4v) is 1.67. The van der Waals surface area contributed by atoms with E-state index in [1.165, 1.54) is 12.1 Å². The van der Waals surface area contributed by atoms with Crippen LogP contribution in [0, 0.1) is 6.92 Å². The van der Waals surface area contributed by atoms with E-state index in [9.17, 15) is 21.8 Å². The lowest BCUT2D eigenvalue weighted by Gasteiger charge is -2.05. The zero-order valence-electron chi connectivity index (χ0n) is 11.3. The normalized spacial score (nSPS) is 10.1. The lowest BCUT2D eigenvalue weighted by molar-refractivity contribution is -0.215. The van der Waals surface area contributed by atoms with Crippen LogP contribution in [0.3, 0.4) is 0 Å². The Balaban J connectivity index is 0.000000384. The number of aryl methyl sites for hydroxylation is 1. The Labute approximate surface area is 127 Å². The number of benzene rings is 1. The summed E-state index contributed by atoms with van der Waals surface area (Å²) in [4.78, 5) is -0.178. The van der Waals surface area contributed by atoms with Gasteiger partial charge in [0.1, 0.15) is 10.1 Å². The Hall–Kier alpha value is -1.42. The van der Waals surface area contributed by atoms with Crippen molar-refractivity contribution in [1.29, 1.82) is 0 Å². The summed E-state index contributed by atoms with van der Waals surface area (Å²) in [6.07, 6.45) is -0.541. The number of quaternary nitrogens is 1. The van der Waals surface area contributed by atoms with Gasteiger partial charge in [0.2, 0.25) is 0 Å². The Morgan fingerprint density at radius 2 is 1.90 bits per heavy atom. The maximum Gasteiger partial charge on any atom is 0.266 e. The van der Waals surface area contributed by atoms with Crippen molar-refractivity contribution in [3.8, 4) is 0 Å². The molecule has 4 N–H and O–H groups in total. The van der Waals surface area contributed by atoms with Crippen molar-refractivity contribution in [2.24, 2.45) is 0 Å². The Kier molecular flexibility index (Phi) is 8.86. The van der Waals surface area contributed by atoms with Crippen LogP contribution in [0.4, 0.5) is 8.78 Å². The van der Waals surface area contributed by atoms with E-state index >= 15 is 0 Å². The van der Waals surface area contributed by atoms with Crippen molar-refractivity contribution in [2.75, 3.05) is 6.54 Å². The molecule has 0 fully saturated rings. The van der Waals surface area contributed by atoms with Crippen LogP contribution in [-0.4, -0.2) is 24.6 Å². The Bertz CT molecular complexity index is 583. The summed E-state index contributed by atoms with van der Waals surface area (Å²) in [6, 6.07) is 5.78. The molecular weight excluding hydrogens is 322 g/mol.